The van der Waals surface area contributed by atoms with Gasteiger partial charge in [-0.2, -0.15) is 0 Å². The standard InChI is InChI=1S/C16H20N2O3/c1-10(9-19)11(2)17-16(20)14-12(3)21-18-15(14)13-7-5-4-6-8-13/h4-8,10-11,19H,9H2,1-3H3,(H,17,20). The van der Waals surface area contributed by atoms with E-state index in [1.165, 1.54) is 0 Å². The Morgan fingerprint density at radius 3 is 2.62 bits per heavy atom. The third-order valence-corrected chi connectivity index (χ3v) is 3.64. The molecule has 1 heterocycles. The van der Waals surface area contributed by atoms with E-state index >= 15 is 0 Å². The Bertz CT molecular complexity index is 607. The molecule has 2 unspecified atom stereocenters. The number of carbonyl (C=O) groups excluding carboxylic acids is 1. The van der Waals surface area contributed by atoms with Gasteiger partial charge in [-0.25, -0.2) is 0 Å². The fraction of sp³-hybridized carbons (Fsp3) is 0.375. The molecule has 0 aliphatic carbocycles. The van der Waals surface area contributed by atoms with Crippen molar-refractivity contribution in [1.29, 1.82) is 0 Å². The van der Waals surface area contributed by atoms with Gasteiger partial charge in [0.25, 0.3) is 5.91 Å². The average molecular weight is 288 g/mol. The highest BCUT2D eigenvalue weighted by Gasteiger charge is 2.23. The van der Waals surface area contributed by atoms with Crippen LogP contribution in [-0.4, -0.2) is 28.8 Å². The lowest BCUT2D eigenvalue weighted by molar-refractivity contribution is 0.0915. The summed E-state index contributed by atoms with van der Waals surface area (Å²) in [6.07, 6.45) is 0. The Hall–Kier alpha value is -2.14. The van der Waals surface area contributed by atoms with E-state index in [2.05, 4.69) is 10.5 Å². The van der Waals surface area contributed by atoms with E-state index in [4.69, 9.17) is 9.63 Å². The fourth-order valence-corrected chi connectivity index (χ4v) is 2.01. The van der Waals surface area contributed by atoms with Crippen LogP contribution in [0.25, 0.3) is 11.3 Å². The summed E-state index contributed by atoms with van der Waals surface area (Å²) >= 11 is 0. The first-order chi connectivity index (χ1) is 10.0. The number of hydrogen-bond acceptors (Lipinski definition) is 4. The highest BCUT2D eigenvalue weighted by Crippen LogP contribution is 2.25. The van der Waals surface area contributed by atoms with Gasteiger partial charge in [-0.3, -0.25) is 4.79 Å². The Morgan fingerprint density at radius 1 is 1.33 bits per heavy atom. The molecule has 0 fully saturated rings. The molecule has 1 aromatic carbocycles. The van der Waals surface area contributed by atoms with Crippen molar-refractivity contribution in [3.8, 4) is 11.3 Å². The van der Waals surface area contributed by atoms with Gasteiger partial charge in [-0.05, 0) is 19.8 Å². The molecule has 21 heavy (non-hydrogen) atoms. The first kappa shape index (κ1) is 15.3. The Labute approximate surface area is 124 Å². The van der Waals surface area contributed by atoms with E-state index in [0.29, 0.717) is 17.0 Å². The van der Waals surface area contributed by atoms with Crippen molar-refractivity contribution in [3.63, 3.8) is 0 Å². The van der Waals surface area contributed by atoms with E-state index in [1.807, 2.05) is 44.2 Å². The molecule has 0 saturated heterocycles. The molecule has 0 bridgehead atoms. The summed E-state index contributed by atoms with van der Waals surface area (Å²) in [4.78, 5) is 12.5. The summed E-state index contributed by atoms with van der Waals surface area (Å²) in [6, 6.07) is 9.30. The molecule has 5 heteroatoms. The van der Waals surface area contributed by atoms with Crippen molar-refractivity contribution in [3.05, 3.63) is 41.7 Å². The highest BCUT2D eigenvalue weighted by atomic mass is 16.5. The van der Waals surface area contributed by atoms with Crippen LogP contribution >= 0.6 is 0 Å². The van der Waals surface area contributed by atoms with Crippen LogP contribution < -0.4 is 5.32 Å². The minimum absolute atomic E-state index is 0.0192. The van der Waals surface area contributed by atoms with Gasteiger partial charge in [0.1, 0.15) is 17.0 Å². The minimum atomic E-state index is -0.236. The number of aliphatic hydroxyl groups is 1. The van der Waals surface area contributed by atoms with Crippen molar-refractivity contribution < 1.29 is 14.4 Å². The fourth-order valence-electron chi connectivity index (χ4n) is 2.01. The number of amides is 1. The quantitative estimate of drug-likeness (QED) is 0.886. The monoisotopic (exact) mass is 288 g/mol. The van der Waals surface area contributed by atoms with Crippen LogP contribution in [0.15, 0.2) is 34.9 Å². The third-order valence-electron chi connectivity index (χ3n) is 3.64. The summed E-state index contributed by atoms with van der Waals surface area (Å²) < 4.78 is 5.18. The number of aromatic nitrogens is 1. The van der Waals surface area contributed by atoms with Crippen LogP contribution in [0.2, 0.25) is 0 Å². The SMILES string of the molecule is Cc1onc(-c2ccccc2)c1C(=O)NC(C)C(C)CO. The maximum absolute atomic E-state index is 12.5. The molecule has 0 radical (unpaired) electrons. The van der Waals surface area contributed by atoms with Crippen molar-refractivity contribution in [2.75, 3.05) is 6.61 Å². The largest absolute Gasteiger partial charge is 0.396 e. The second kappa shape index (κ2) is 6.54. The number of nitrogens with one attached hydrogen (secondary N) is 1. The Kier molecular flexibility index (Phi) is 4.75. The first-order valence-electron chi connectivity index (χ1n) is 6.98. The zero-order valence-electron chi connectivity index (χ0n) is 12.5. The van der Waals surface area contributed by atoms with Crippen molar-refractivity contribution in [1.82, 2.24) is 10.5 Å². The zero-order valence-corrected chi connectivity index (χ0v) is 12.5. The summed E-state index contributed by atoms with van der Waals surface area (Å²) in [5.74, 6) is 0.227. The van der Waals surface area contributed by atoms with Gasteiger partial charge in [0.05, 0.1) is 0 Å². The number of aliphatic hydroxyl groups excluding tert-OH is 1. The number of nitrogens with zero attached hydrogens (tertiary/aromatic N) is 1. The molecule has 2 N–H and O–H groups in total. The van der Waals surface area contributed by atoms with Crippen molar-refractivity contribution in [2.24, 2.45) is 5.92 Å². The molecular formula is C16H20N2O3. The highest BCUT2D eigenvalue weighted by molar-refractivity contribution is 6.00. The maximum Gasteiger partial charge on any atom is 0.257 e. The van der Waals surface area contributed by atoms with Gasteiger partial charge >= 0.3 is 0 Å². The molecule has 112 valence electrons. The predicted octanol–water partition coefficient (Wildman–Crippen LogP) is 2.40. The Morgan fingerprint density at radius 2 is 2.00 bits per heavy atom. The molecule has 1 aromatic heterocycles. The number of hydrogen-bond donors (Lipinski definition) is 2. The van der Waals surface area contributed by atoms with Crippen LogP contribution in [-0.2, 0) is 0 Å². The van der Waals surface area contributed by atoms with Crippen LogP contribution in [0.4, 0.5) is 0 Å². The zero-order chi connectivity index (χ0) is 15.4. The van der Waals surface area contributed by atoms with E-state index in [1.54, 1.807) is 6.92 Å². The van der Waals surface area contributed by atoms with Gasteiger partial charge in [0, 0.05) is 18.2 Å². The minimum Gasteiger partial charge on any atom is -0.396 e. The number of benzene rings is 1. The Balaban J connectivity index is 2.28. The van der Waals surface area contributed by atoms with E-state index in [0.717, 1.165) is 5.56 Å². The summed E-state index contributed by atoms with van der Waals surface area (Å²) in [5, 5.41) is 16.0. The van der Waals surface area contributed by atoms with Crippen LogP contribution in [0, 0.1) is 12.8 Å². The lowest BCUT2D eigenvalue weighted by Gasteiger charge is -2.19. The van der Waals surface area contributed by atoms with Crippen molar-refractivity contribution in [2.45, 2.75) is 26.8 Å². The lowest BCUT2D eigenvalue weighted by atomic mass is 10.0. The summed E-state index contributed by atoms with van der Waals surface area (Å²) in [7, 11) is 0. The molecule has 0 spiro atoms. The van der Waals surface area contributed by atoms with Gasteiger partial charge in [0.2, 0.25) is 0 Å². The molecule has 1 amide bonds. The van der Waals surface area contributed by atoms with Crippen LogP contribution in [0.3, 0.4) is 0 Å². The topological polar surface area (TPSA) is 75.4 Å². The molecule has 2 aromatic rings. The summed E-state index contributed by atoms with van der Waals surface area (Å²) in [5.41, 5.74) is 1.81. The number of rotatable bonds is 5. The van der Waals surface area contributed by atoms with Gasteiger partial charge in [-0.1, -0.05) is 42.4 Å². The van der Waals surface area contributed by atoms with E-state index in [-0.39, 0.29) is 24.5 Å². The second-order valence-electron chi connectivity index (χ2n) is 5.25. The molecule has 2 atom stereocenters. The summed E-state index contributed by atoms with van der Waals surface area (Å²) in [6.45, 7) is 5.48. The average Bonchev–Trinajstić information content (AvgIpc) is 2.89. The third kappa shape index (κ3) is 3.31. The number of carbonyl (C=O) groups is 1. The predicted molar refractivity (Wildman–Crippen MR) is 79.9 cm³/mol. The van der Waals surface area contributed by atoms with Gasteiger partial charge < -0.3 is 14.9 Å². The normalized spacial score (nSPS) is 13.7. The lowest BCUT2D eigenvalue weighted by Crippen LogP contribution is -2.38. The second-order valence-corrected chi connectivity index (χ2v) is 5.25. The van der Waals surface area contributed by atoms with E-state index in [9.17, 15) is 4.79 Å². The van der Waals surface area contributed by atoms with Crippen LogP contribution in [0.5, 0.6) is 0 Å². The molecule has 5 nitrogen and oxygen atoms in total. The molecule has 0 saturated carbocycles. The molecule has 0 aliphatic rings. The first-order valence-corrected chi connectivity index (χ1v) is 6.98. The molecular weight excluding hydrogens is 268 g/mol. The maximum atomic E-state index is 12.5. The van der Waals surface area contributed by atoms with Gasteiger partial charge in [0.15, 0.2) is 0 Å². The van der Waals surface area contributed by atoms with Gasteiger partial charge in [-0.15, -0.1) is 0 Å². The smallest absolute Gasteiger partial charge is 0.257 e. The molecule has 2 rings (SSSR count). The van der Waals surface area contributed by atoms with Crippen LogP contribution in [0.1, 0.15) is 30.0 Å². The number of aryl methyl sites for hydroxylation is 1. The molecule has 0 aliphatic heterocycles. The van der Waals surface area contributed by atoms with E-state index < -0.39 is 0 Å². The van der Waals surface area contributed by atoms with Crippen molar-refractivity contribution >= 4 is 5.91 Å².